The number of hydroxylamine groups is 1. The predicted molar refractivity (Wildman–Crippen MR) is 96.4 cm³/mol. The molecule has 0 aromatic heterocycles. The third-order valence-corrected chi connectivity index (χ3v) is 2.56. The molecule has 28 heavy (non-hydrogen) atoms. The van der Waals surface area contributed by atoms with Crippen molar-refractivity contribution in [3.05, 3.63) is 0 Å². The number of hydrogen-bond donors (Lipinski definition) is 6. The first-order chi connectivity index (χ1) is 13.0. The fourth-order valence-electron chi connectivity index (χ4n) is 1.45. The van der Waals surface area contributed by atoms with Crippen LogP contribution in [0.5, 0.6) is 0 Å². The van der Waals surface area contributed by atoms with Crippen molar-refractivity contribution in [1.29, 1.82) is 0 Å². The lowest BCUT2D eigenvalue weighted by molar-refractivity contribution is -0.131. The van der Waals surface area contributed by atoms with Crippen molar-refractivity contribution in [3.63, 3.8) is 0 Å². The molecule has 0 saturated heterocycles. The normalized spacial score (nSPS) is 10.4. The minimum Gasteiger partial charge on any atom is -0.442 e. The molecule has 0 saturated carbocycles. The number of carbonyl (C=O) groups is 5. The molecular weight excluding hydrogens is 376 g/mol. The average molecular weight is 404 g/mol. The summed E-state index contributed by atoms with van der Waals surface area (Å²) >= 11 is 0. The summed E-state index contributed by atoms with van der Waals surface area (Å²) in [7, 11) is 0. The summed E-state index contributed by atoms with van der Waals surface area (Å²) in [6.07, 6.45) is -0.860. The van der Waals surface area contributed by atoms with Crippen LogP contribution in [0.25, 0.3) is 0 Å². The van der Waals surface area contributed by atoms with E-state index in [1.54, 1.807) is 20.8 Å². The van der Waals surface area contributed by atoms with Gasteiger partial charge >= 0.3 is 6.09 Å². The van der Waals surface area contributed by atoms with Crippen molar-refractivity contribution < 1.29 is 33.5 Å². The van der Waals surface area contributed by atoms with Gasteiger partial charge in [0.1, 0.15) is 5.60 Å². The van der Waals surface area contributed by atoms with E-state index in [2.05, 4.69) is 26.1 Å². The Labute approximate surface area is 162 Å². The molecule has 7 N–H and O–H groups in total. The van der Waals surface area contributed by atoms with Crippen molar-refractivity contribution in [2.75, 3.05) is 39.3 Å². The number of ether oxygens (including phenoxy) is 1. The van der Waals surface area contributed by atoms with E-state index in [1.807, 2.05) is 5.48 Å². The molecule has 13 nitrogen and oxygen atoms in total. The minimum absolute atomic E-state index is 0.243. The Hall–Kier alpha value is -2.93. The van der Waals surface area contributed by atoms with Gasteiger partial charge in [-0.2, -0.15) is 5.48 Å². The molecule has 0 aliphatic heterocycles. The average Bonchev–Trinajstić information content (AvgIpc) is 2.59. The Bertz CT molecular complexity index is 562. The van der Waals surface area contributed by atoms with Gasteiger partial charge < -0.3 is 31.7 Å². The number of carbonyl (C=O) groups excluding carboxylic acids is 5. The fourth-order valence-corrected chi connectivity index (χ4v) is 1.45. The summed E-state index contributed by atoms with van der Waals surface area (Å²) in [5, 5.41) is 9.24. The minimum atomic E-state index is -0.860. The molecular formula is C15H28N6O7. The van der Waals surface area contributed by atoms with E-state index in [0.717, 1.165) is 0 Å². The van der Waals surface area contributed by atoms with Crippen LogP contribution in [0.15, 0.2) is 0 Å². The van der Waals surface area contributed by atoms with E-state index in [1.165, 1.54) is 0 Å². The highest BCUT2D eigenvalue weighted by Crippen LogP contribution is 2.06. The Morgan fingerprint density at radius 2 is 1.25 bits per heavy atom. The third-order valence-electron chi connectivity index (χ3n) is 2.56. The second-order valence-electron chi connectivity index (χ2n) is 6.36. The van der Waals surface area contributed by atoms with Gasteiger partial charge in [-0.05, 0) is 20.8 Å². The Morgan fingerprint density at radius 1 is 0.786 bits per heavy atom. The van der Waals surface area contributed by atoms with Crippen LogP contribution in [-0.4, -0.2) is 74.7 Å². The maximum absolute atomic E-state index is 11.5. The molecule has 0 bridgehead atoms. The maximum Gasteiger partial charge on any atom is 0.431 e. The molecule has 0 spiro atoms. The smallest absolute Gasteiger partial charge is 0.431 e. The van der Waals surface area contributed by atoms with Crippen molar-refractivity contribution >= 4 is 29.7 Å². The van der Waals surface area contributed by atoms with Gasteiger partial charge in [0.15, 0.2) is 6.61 Å². The lowest BCUT2D eigenvalue weighted by atomic mass is 10.2. The second kappa shape index (κ2) is 13.3. The molecule has 0 aliphatic carbocycles. The Kier molecular flexibility index (Phi) is 11.9. The van der Waals surface area contributed by atoms with Gasteiger partial charge in [-0.1, -0.05) is 0 Å². The van der Waals surface area contributed by atoms with Crippen LogP contribution in [0.4, 0.5) is 4.79 Å². The second-order valence-corrected chi connectivity index (χ2v) is 6.36. The van der Waals surface area contributed by atoms with Crippen molar-refractivity contribution in [3.8, 4) is 0 Å². The van der Waals surface area contributed by atoms with Gasteiger partial charge in [0.05, 0.1) is 19.6 Å². The largest absolute Gasteiger partial charge is 0.442 e. The summed E-state index contributed by atoms with van der Waals surface area (Å²) in [4.78, 5) is 61.7. The maximum atomic E-state index is 11.5. The molecule has 0 aromatic carbocycles. The van der Waals surface area contributed by atoms with Crippen LogP contribution in [0, 0.1) is 0 Å². The first kappa shape index (κ1) is 25.1. The summed E-state index contributed by atoms with van der Waals surface area (Å²) < 4.78 is 4.89. The summed E-state index contributed by atoms with van der Waals surface area (Å²) in [6, 6.07) is 0. The van der Waals surface area contributed by atoms with E-state index < -0.39 is 48.5 Å². The van der Waals surface area contributed by atoms with Gasteiger partial charge in [0.25, 0.3) is 0 Å². The zero-order chi connectivity index (χ0) is 21.6. The first-order valence-electron chi connectivity index (χ1n) is 8.41. The SMILES string of the molecule is CC(C)(C)OC(=O)NOCC(=O)NCC(=O)NCC(=O)NCC(=O)NCCN. The summed E-state index contributed by atoms with van der Waals surface area (Å²) in [5.41, 5.74) is 6.42. The molecule has 0 radical (unpaired) electrons. The summed E-state index contributed by atoms with van der Waals surface area (Å²) in [6.45, 7) is 4.01. The van der Waals surface area contributed by atoms with E-state index in [4.69, 9.17) is 10.5 Å². The number of rotatable bonds is 11. The van der Waals surface area contributed by atoms with Crippen LogP contribution in [-0.2, 0) is 28.8 Å². The molecule has 0 aromatic rings. The van der Waals surface area contributed by atoms with Gasteiger partial charge in [0, 0.05) is 13.1 Å². The molecule has 0 aliphatic rings. The molecule has 0 rings (SSSR count). The van der Waals surface area contributed by atoms with E-state index in [9.17, 15) is 24.0 Å². The van der Waals surface area contributed by atoms with Crippen LogP contribution >= 0.6 is 0 Å². The molecule has 13 heteroatoms. The van der Waals surface area contributed by atoms with Crippen LogP contribution < -0.4 is 32.5 Å². The third kappa shape index (κ3) is 15.3. The van der Waals surface area contributed by atoms with Gasteiger partial charge in [-0.3, -0.25) is 24.0 Å². The highest BCUT2D eigenvalue weighted by atomic mass is 16.7. The highest BCUT2D eigenvalue weighted by molar-refractivity contribution is 5.90. The summed E-state index contributed by atoms with van der Waals surface area (Å²) in [5.74, 6) is -2.28. The standard InChI is InChI=1S/C15H28N6O7/c1-15(2,3)28-14(26)21-27-9-13(25)20-8-12(24)19-7-11(23)18-6-10(22)17-5-4-16/h4-9,16H2,1-3H3,(H,17,22)(H,18,23)(H,19,24)(H,20,25)(H,21,26). The molecule has 0 unspecified atom stereocenters. The highest BCUT2D eigenvalue weighted by Gasteiger charge is 2.16. The van der Waals surface area contributed by atoms with Crippen LogP contribution in [0.3, 0.4) is 0 Å². The number of nitrogens with one attached hydrogen (secondary N) is 5. The number of hydrogen-bond acceptors (Lipinski definition) is 8. The molecule has 0 heterocycles. The van der Waals surface area contributed by atoms with Gasteiger partial charge in [-0.15, -0.1) is 0 Å². The molecule has 5 amide bonds. The lowest BCUT2D eigenvalue weighted by Gasteiger charge is -2.19. The fraction of sp³-hybridized carbons (Fsp3) is 0.667. The lowest BCUT2D eigenvalue weighted by Crippen LogP contribution is -2.45. The van der Waals surface area contributed by atoms with Crippen molar-refractivity contribution in [2.24, 2.45) is 5.73 Å². The Balaban J connectivity index is 3.82. The van der Waals surface area contributed by atoms with E-state index in [0.29, 0.717) is 6.54 Å². The van der Waals surface area contributed by atoms with Gasteiger partial charge in [-0.25, -0.2) is 4.79 Å². The first-order valence-corrected chi connectivity index (χ1v) is 8.41. The Morgan fingerprint density at radius 3 is 1.71 bits per heavy atom. The van der Waals surface area contributed by atoms with Crippen LogP contribution in [0.2, 0.25) is 0 Å². The van der Waals surface area contributed by atoms with E-state index >= 15 is 0 Å². The quantitative estimate of drug-likeness (QED) is 0.195. The zero-order valence-corrected chi connectivity index (χ0v) is 16.2. The van der Waals surface area contributed by atoms with Crippen molar-refractivity contribution in [2.45, 2.75) is 26.4 Å². The van der Waals surface area contributed by atoms with Gasteiger partial charge in [0.2, 0.25) is 23.6 Å². The predicted octanol–water partition coefficient (Wildman–Crippen LogP) is -3.13. The zero-order valence-electron chi connectivity index (χ0n) is 16.2. The van der Waals surface area contributed by atoms with E-state index in [-0.39, 0.29) is 19.6 Å². The topological polar surface area (TPSA) is 190 Å². The molecule has 160 valence electrons. The van der Waals surface area contributed by atoms with Crippen molar-refractivity contribution in [1.82, 2.24) is 26.7 Å². The van der Waals surface area contributed by atoms with Crippen LogP contribution in [0.1, 0.15) is 20.8 Å². The molecule has 0 atom stereocenters. The monoisotopic (exact) mass is 404 g/mol. The number of amides is 5. The molecule has 0 fully saturated rings. The number of nitrogens with two attached hydrogens (primary N) is 1.